The lowest BCUT2D eigenvalue weighted by molar-refractivity contribution is 0.415. The summed E-state index contributed by atoms with van der Waals surface area (Å²) < 4.78 is 7.58. The third-order valence-corrected chi connectivity index (χ3v) is 3.95. The van der Waals surface area contributed by atoms with Gasteiger partial charge in [-0.15, -0.1) is 11.6 Å². The molecule has 1 unspecified atom stereocenters. The van der Waals surface area contributed by atoms with Crippen molar-refractivity contribution in [1.82, 2.24) is 9.55 Å². The molecule has 1 aromatic heterocycles. The summed E-state index contributed by atoms with van der Waals surface area (Å²) in [7, 11) is 1.69. The summed E-state index contributed by atoms with van der Waals surface area (Å²) in [6.07, 6.45) is 3.65. The summed E-state index contributed by atoms with van der Waals surface area (Å²) in [4.78, 5) is 4.68. The number of hydrogen-bond acceptors (Lipinski definition) is 2. The number of aryl methyl sites for hydroxylation is 1. The Morgan fingerprint density at radius 2 is 2.00 bits per heavy atom. The number of ether oxygens (including phenoxy) is 1. The highest BCUT2D eigenvalue weighted by atomic mass is 35.5. The van der Waals surface area contributed by atoms with E-state index in [-0.39, 0.29) is 5.38 Å². The zero-order valence-electron chi connectivity index (χ0n) is 13.4. The lowest BCUT2D eigenvalue weighted by Gasteiger charge is -2.11. The molecule has 3 nitrogen and oxygen atoms in total. The average molecular weight is 309 g/mol. The smallest absolute Gasteiger partial charge is 0.127 e. The fraction of sp³-hybridized carbons (Fsp3) is 0.588. The van der Waals surface area contributed by atoms with Crippen LogP contribution in [-0.4, -0.2) is 16.7 Å². The highest BCUT2D eigenvalue weighted by Gasteiger charge is 2.15. The summed E-state index contributed by atoms with van der Waals surface area (Å²) in [5.74, 6) is 2.57. The molecule has 1 aromatic carbocycles. The van der Waals surface area contributed by atoms with Gasteiger partial charge in [0.05, 0.1) is 23.5 Å². The van der Waals surface area contributed by atoms with E-state index in [4.69, 9.17) is 16.3 Å². The van der Waals surface area contributed by atoms with Gasteiger partial charge >= 0.3 is 0 Å². The van der Waals surface area contributed by atoms with Crippen molar-refractivity contribution in [1.29, 1.82) is 0 Å². The Hall–Kier alpha value is -1.22. The van der Waals surface area contributed by atoms with Crippen LogP contribution in [0.3, 0.4) is 0 Å². The number of fused-ring (bicyclic) bond motifs is 1. The SMILES string of the molecule is COc1ccc2nc(C(C)Cl)n(CCCCC(C)C)c2c1. The van der Waals surface area contributed by atoms with Crippen LogP contribution in [0.1, 0.15) is 51.2 Å². The van der Waals surface area contributed by atoms with Gasteiger partial charge in [0.25, 0.3) is 0 Å². The van der Waals surface area contributed by atoms with Gasteiger partial charge < -0.3 is 9.30 Å². The van der Waals surface area contributed by atoms with Gasteiger partial charge in [-0.05, 0) is 31.4 Å². The molecule has 0 aliphatic heterocycles. The molecule has 2 aromatic rings. The number of unbranched alkanes of at least 4 members (excludes halogenated alkanes) is 1. The van der Waals surface area contributed by atoms with Gasteiger partial charge in [-0.1, -0.05) is 26.7 Å². The first kappa shape index (κ1) is 16.2. The quantitative estimate of drug-likeness (QED) is 0.521. The third-order valence-electron chi connectivity index (χ3n) is 3.75. The number of aromatic nitrogens is 2. The van der Waals surface area contributed by atoms with E-state index < -0.39 is 0 Å². The highest BCUT2D eigenvalue weighted by Crippen LogP contribution is 2.27. The van der Waals surface area contributed by atoms with Crippen LogP contribution in [0.15, 0.2) is 18.2 Å². The van der Waals surface area contributed by atoms with Gasteiger partial charge in [-0.3, -0.25) is 0 Å². The van der Waals surface area contributed by atoms with Crippen LogP contribution in [0.5, 0.6) is 5.75 Å². The van der Waals surface area contributed by atoms with E-state index in [2.05, 4.69) is 23.4 Å². The van der Waals surface area contributed by atoms with E-state index in [1.54, 1.807) is 7.11 Å². The molecule has 4 heteroatoms. The standard InChI is InChI=1S/C17H25ClN2O/c1-12(2)7-5-6-10-20-16-11-14(21-4)8-9-15(16)19-17(20)13(3)18/h8-9,11-13H,5-7,10H2,1-4H3. The second kappa shape index (κ2) is 7.17. The van der Waals surface area contributed by atoms with Crippen LogP contribution in [-0.2, 0) is 6.54 Å². The van der Waals surface area contributed by atoms with E-state index >= 15 is 0 Å². The zero-order chi connectivity index (χ0) is 15.4. The van der Waals surface area contributed by atoms with Gasteiger partial charge in [-0.2, -0.15) is 0 Å². The fourth-order valence-electron chi connectivity index (χ4n) is 2.61. The average Bonchev–Trinajstić information content (AvgIpc) is 2.81. The molecule has 2 rings (SSSR count). The van der Waals surface area contributed by atoms with E-state index in [0.717, 1.165) is 41.5 Å². The molecule has 0 saturated heterocycles. The lowest BCUT2D eigenvalue weighted by atomic mass is 10.1. The predicted molar refractivity (Wildman–Crippen MR) is 89.2 cm³/mol. The van der Waals surface area contributed by atoms with Crippen LogP contribution in [0.2, 0.25) is 0 Å². The molecule has 0 bridgehead atoms. The van der Waals surface area contributed by atoms with E-state index in [1.165, 1.54) is 12.8 Å². The second-order valence-electron chi connectivity index (χ2n) is 5.98. The Kier molecular flexibility index (Phi) is 5.51. The molecule has 1 heterocycles. The molecule has 0 fully saturated rings. The van der Waals surface area contributed by atoms with Crippen LogP contribution in [0.4, 0.5) is 0 Å². The number of nitrogens with zero attached hydrogens (tertiary/aromatic N) is 2. The first-order valence-electron chi connectivity index (χ1n) is 7.71. The number of alkyl halides is 1. The summed E-state index contributed by atoms with van der Waals surface area (Å²) in [6, 6.07) is 6.00. The molecular formula is C17H25ClN2O. The van der Waals surface area contributed by atoms with Crippen molar-refractivity contribution >= 4 is 22.6 Å². The van der Waals surface area contributed by atoms with Crippen molar-refractivity contribution in [3.63, 3.8) is 0 Å². The Morgan fingerprint density at radius 1 is 1.24 bits per heavy atom. The van der Waals surface area contributed by atoms with E-state index in [0.29, 0.717) is 0 Å². The molecule has 0 N–H and O–H groups in total. The van der Waals surface area contributed by atoms with Crippen LogP contribution in [0.25, 0.3) is 11.0 Å². The number of rotatable bonds is 7. The minimum absolute atomic E-state index is 0.0894. The van der Waals surface area contributed by atoms with Gasteiger partial charge in [0.2, 0.25) is 0 Å². The molecular weight excluding hydrogens is 284 g/mol. The molecule has 0 aliphatic rings. The zero-order valence-corrected chi connectivity index (χ0v) is 14.2. The molecule has 0 aliphatic carbocycles. The maximum absolute atomic E-state index is 6.30. The van der Waals surface area contributed by atoms with Crippen molar-refractivity contribution in [2.75, 3.05) is 7.11 Å². The molecule has 0 saturated carbocycles. The molecule has 0 spiro atoms. The van der Waals surface area contributed by atoms with Crippen LogP contribution >= 0.6 is 11.6 Å². The van der Waals surface area contributed by atoms with Crippen LogP contribution < -0.4 is 4.74 Å². The monoisotopic (exact) mass is 308 g/mol. The maximum Gasteiger partial charge on any atom is 0.127 e. The van der Waals surface area contributed by atoms with Gasteiger partial charge in [-0.25, -0.2) is 4.98 Å². The normalized spacial score (nSPS) is 13.0. The minimum Gasteiger partial charge on any atom is -0.497 e. The number of methoxy groups -OCH3 is 1. The van der Waals surface area contributed by atoms with Crippen molar-refractivity contribution in [3.8, 4) is 5.75 Å². The number of hydrogen-bond donors (Lipinski definition) is 0. The van der Waals surface area contributed by atoms with Crippen LogP contribution in [0, 0.1) is 5.92 Å². The molecule has 1 atom stereocenters. The van der Waals surface area contributed by atoms with Gasteiger partial charge in [0.15, 0.2) is 0 Å². The fourth-order valence-corrected chi connectivity index (χ4v) is 2.78. The summed E-state index contributed by atoms with van der Waals surface area (Å²) >= 11 is 6.30. The highest BCUT2D eigenvalue weighted by molar-refractivity contribution is 6.20. The van der Waals surface area contributed by atoms with Gasteiger partial charge in [0, 0.05) is 12.6 Å². The van der Waals surface area contributed by atoms with E-state index in [1.807, 2.05) is 25.1 Å². The first-order valence-corrected chi connectivity index (χ1v) is 8.14. The Balaban J connectivity index is 2.26. The predicted octanol–water partition coefficient (Wildman–Crippen LogP) is 5.17. The molecule has 0 radical (unpaired) electrons. The molecule has 116 valence electrons. The second-order valence-corrected chi connectivity index (χ2v) is 6.64. The van der Waals surface area contributed by atoms with Gasteiger partial charge in [0.1, 0.15) is 11.6 Å². The Morgan fingerprint density at radius 3 is 2.62 bits per heavy atom. The van der Waals surface area contributed by atoms with Crippen molar-refractivity contribution in [2.45, 2.75) is 52.0 Å². The number of halogens is 1. The van der Waals surface area contributed by atoms with Crippen molar-refractivity contribution in [3.05, 3.63) is 24.0 Å². The lowest BCUT2D eigenvalue weighted by Crippen LogP contribution is -2.05. The summed E-state index contributed by atoms with van der Waals surface area (Å²) in [5, 5.41) is -0.0894. The number of imidazole rings is 1. The van der Waals surface area contributed by atoms with E-state index in [9.17, 15) is 0 Å². The van der Waals surface area contributed by atoms with Crippen molar-refractivity contribution in [2.24, 2.45) is 5.92 Å². The Labute approximate surface area is 132 Å². The summed E-state index contributed by atoms with van der Waals surface area (Å²) in [6.45, 7) is 7.47. The van der Waals surface area contributed by atoms with Crippen molar-refractivity contribution < 1.29 is 4.74 Å². The maximum atomic E-state index is 6.30. The topological polar surface area (TPSA) is 27.1 Å². The molecule has 0 amide bonds. The Bertz CT molecular complexity index is 590. The largest absolute Gasteiger partial charge is 0.497 e. The first-order chi connectivity index (χ1) is 10.0. The molecule has 21 heavy (non-hydrogen) atoms. The minimum atomic E-state index is -0.0894. The number of benzene rings is 1. The third kappa shape index (κ3) is 3.91. The summed E-state index contributed by atoms with van der Waals surface area (Å²) in [5.41, 5.74) is 2.10.